The molecule has 0 atom stereocenters. The Bertz CT molecular complexity index is 4370. The third-order valence-electron chi connectivity index (χ3n) is 16.6. The van der Waals surface area contributed by atoms with Crippen LogP contribution in [0.1, 0.15) is 44.5 Å². The van der Waals surface area contributed by atoms with Crippen molar-refractivity contribution in [3.05, 3.63) is 317 Å². The molecule has 3 aliphatic rings. The number of nitrogens with zero attached hydrogens (tertiary/aromatic N) is 1. The summed E-state index contributed by atoms with van der Waals surface area (Å²) in [6, 6.07) is 102. The molecule has 0 fully saturated rings. The highest BCUT2D eigenvalue weighted by Gasteiger charge is 2.51. The van der Waals surface area contributed by atoms with E-state index in [1.54, 1.807) is 0 Å². The normalized spacial score (nSPS) is 14.0. The molecule has 2 aliphatic carbocycles. The van der Waals surface area contributed by atoms with Crippen molar-refractivity contribution in [1.29, 1.82) is 0 Å². The van der Waals surface area contributed by atoms with E-state index in [-0.39, 0.29) is 0 Å². The number of rotatable bonds is 6. The van der Waals surface area contributed by atoms with Gasteiger partial charge in [0.05, 0.1) is 16.5 Å². The Morgan fingerprint density at radius 2 is 0.840 bits per heavy atom. The van der Waals surface area contributed by atoms with E-state index in [2.05, 4.69) is 278 Å². The lowest BCUT2D eigenvalue weighted by atomic mass is 9.67. The van der Waals surface area contributed by atoms with Crippen LogP contribution in [0.4, 0.5) is 17.1 Å². The second-order valence-corrected chi connectivity index (χ2v) is 21.3. The fraction of sp³-hybridized carbons (Fsp3) is 0.0278. The Morgan fingerprint density at radius 3 is 1.55 bits per heavy atom. The first-order valence-corrected chi connectivity index (χ1v) is 26.7. The van der Waals surface area contributed by atoms with Crippen LogP contribution in [0.25, 0.3) is 66.1 Å². The highest BCUT2D eigenvalue weighted by Crippen LogP contribution is 2.64. The van der Waals surface area contributed by atoms with Gasteiger partial charge >= 0.3 is 0 Å². The van der Waals surface area contributed by atoms with Gasteiger partial charge in [-0.3, -0.25) is 0 Å². The summed E-state index contributed by atoms with van der Waals surface area (Å²) in [7, 11) is 0. The fourth-order valence-electron chi connectivity index (χ4n) is 13.6. The molecule has 13 aromatic rings. The van der Waals surface area contributed by atoms with Gasteiger partial charge in [-0.25, -0.2) is 0 Å². The van der Waals surface area contributed by atoms with Gasteiger partial charge in [0.25, 0.3) is 0 Å². The molecule has 0 radical (unpaired) electrons. The summed E-state index contributed by atoms with van der Waals surface area (Å²) in [4.78, 5) is 5.11. The molecule has 0 unspecified atom stereocenters. The van der Waals surface area contributed by atoms with Crippen molar-refractivity contribution in [2.24, 2.45) is 0 Å². The quantitative estimate of drug-likeness (QED) is 0.165. The van der Waals surface area contributed by atoms with Crippen LogP contribution in [0.3, 0.4) is 0 Å². The van der Waals surface area contributed by atoms with Crippen molar-refractivity contribution in [3.63, 3.8) is 0 Å². The topological polar surface area (TPSA) is 16.4 Å². The van der Waals surface area contributed by atoms with Gasteiger partial charge in [-0.05, 0) is 126 Å². The van der Waals surface area contributed by atoms with Gasteiger partial charge in [0.1, 0.15) is 11.2 Å². The number of anilines is 3. The summed E-state index contributed by atoms with van der Waals surface area (Å²) in [6.45, 7) is 0. The van der Waals surface area contributed by atoms with Crippen molar-refractivity contribution in [3.8, 4) is 33.4 Å². The van der Waals surface area contributed by atoms with Crippen molar-refractivity contribution >= 4 is 61.5 Å². The Balaban J connectivity index is 0.935. The van der Waals surface area contributed by atoms with Crippen molar-refractivity contribution < 1.29 is 4.42 Å². The van der Waals surface area contributed by atoms with Gasteiger partial charge in [0.2, 0.25) is 0 Å². The summed E-state index contributed by atoms with van der Waals surface area (Å²) in [5.74, 6) is 0. The molecule has 0 saturated carbocycles. The molecule has 350 valence electrons. The third kappa shape index (κ3) is 5.82. The van der Waals surface area contributed by atoms with E-state index in [1.807, 2.05) is 11.8 Å². The van der Waals surface area contributed by atoms with Crippen molar-refractivity contribution in [2.75, 3.05) is 4.90 Å². The first-order chi connectivity index (χ1) is 37.2. The van der Waals surface area contributed by atoms with Crippen LogP contribution in [0.15, 0.2) is 287 Å². The van der Waals surface area contributed by atoms with E-state index >= 15 is 0 Å². The maximum Gasteiger partial charge on any atom is 0.143 e. The second kappa shape index (κ2) is 16.2. The Labute approximate surface area is 439 Å². The second-order valence-electron chi connectivity index (χ2n) is 20.2. The van der Waals surface area contributed by atoms with Crippen LogP contribution >= 0.6 is 11.8 Å². The van der Waals surface area contributed by atoms with Crippen LogP contribution in [0, 0.1) is 0 Å². The van der Waals surface area contributed by atoms with E-state index in [1.165, 1.54) is 87.7 Å². The first kappa shape index (κ1) is 42.4. The molecule has 3 heteroatoms. The number of para-hydroxylation sites is 1. The number of hydrogen-bond acceptors (Lipinski definition) is 3. The van der Waals surface area contributed by atoms with Gasteiger partial charge < -0.3 is 9.32 Å². The average molecular weight is 972 g/mol. The molecule has 0 bridgehead atoms. The Morgan fingerprint density at radius 1 is 0.320 bits per heavy atom. The minimum absolute atomic E-state index is 0.448. The molecule has 0 amide bonds. The molecule has 12 aromatic carbocycles. The molecule has 0 saturated heterocycles. The standard InChI is InChI=1S/C72H45NOS/c1-3-20-47(21-4-1)71(48-22-5-2-6-23-48)59-30-12-9-24-52(59)53-43-42-50(44-64(53)71)73(65-45-58-55-26-11-16-35-66(55)74-70(58)56-27-8-7-25-54(56)65)49-40-38-46(39-41-49)51-29-19-34-63-69(51)57-28-10-13-31-60(57)72(63)61-32-14-17-36-67(61)75-68-37-18-15-33-62(68)72/h1-45H. The van der Waals surface area contributed by atoms with Crippen LogP contribution < -0.4 is 4.90 Å². The van der Waals surface area contributed by atoms with Crippen LogP contribution in [0.5, 0.6) is 0 Å². The Kier molecular flexibility index (Phi) is 9.14. The molecule has 2 nitrogen and oxygen atoms in total. The summed E-state index contributed by atoms with van der Waals surface area (Å²) < 4.78 is 6.72. The molecular weight excluding hydrogens is 927 g/mol. The zero-order valence-electron chi connectivity index (χ0n) is 40.7. The predicted molar refractivity (Wildman–Crippen MR) is 310 cm³/mol. The summed E-state index contributed by atoms with van der Waals surface area (Å²) >= 11 is 1.89. The summed E-state index contributed by atoms with van der Waals surface area (Å²) in [5, 5.41) is 4.39. The lowest BCUT2D eigenvalue weighted by molar-refractivity contribution is 0.672. The zero-order valence-corrected chi connectivity index (χ0v) is 41.6. The summed E-state index contributed by atoms with van der Waals surface area (Å²) in [5.41, 5.74) is 21.9. The van der Waals surface area contributed by atoms with Gasteiger partial charge in [-0.15, -0.1) is 0 Å². The molecule has 16 rings (SSSR count). The smallest absolute Gasteiger partial charge is 0.143 e. The predicted octanol–water partition coefficient (Wildman–Crippen LogP) is 19.1. The first-order valence-electron chi connectivity index (χ1n) is 25.9. The lowest BCUT2D eigenvalue weighted by Gasteiger charge is -2.39. The molecule has 1 spiro atoms. The minimum Gasteiger partial charge on any atom is -0.455 e. The zero-order chi connectivity index (χ0) is 49.2. The van der Waals surface area contributed by atoms with E-state index in [9.17, 15) is 0 Å². The SMILES string of the molecule is c1ccc(C2(c3ccccc3)c3ccccc3-c3ccc(N(c4ccc(-c5cccc6c5-c5ccccc5C65c6ccccc6Sc6ccccc65)cc4)c4cc5c6ccccc6oc5c5ccccc45)cc32)cc1. The number of fused-ring (bicyclic) bond motifs is 17. The number of benzene rings is 12. The molecular formula is C72H45NOS. The van der Waals surface area contributed by atoms with Gasteiger partial charge in [0.15, 0.2) is 0 Å². The maximum atomic E-state index is 6.72. The van der Waals surface area contributed by atoms with Crippen molar-refractivity contribution in [2.45, 2.75) is 20.6 Å². The summed E-state index contributed by atoms with van der Waals surface area (Å²) in [6.07, 6.45) is 0. The van der Waals surface area contributed by atoms with Crippen LogP contribution in [-0.2, 0) is 10.8 Å². The highest BCUT2D eigenvalue weighted by molar-refractivity contribution is 7.99. The minimum atomic E-state index is -0.563. The third-order valence-corrected chi connectivity index (χ3v) is 17.8. The van der Waals surface area contributed by atoms with Gasteiger partial charge in [0, 0.05) is 42.7 Å². The van der Waals surface area contributed by atoms with E-state index in [0.717, 1.165) is 49.8 Å². The molecule has 1 aromatic heterocycles. The van der Waals surface area contributed by atoms with Gasteiger partial charge in [-0.2, -0.15) is 0 Å². The lowest BCUT2D eigenvalue weighted by Crippen LogP contribution is -2.31. The largest absolute Gasteiger partial charge is 0.455 e. The maximum absolute atomic E-state index is 6.72. The van der Waals surface area contributed by atoms with Crippen molar-refractivity contribution in [1.82, 2.24) is 0 Å². The van der Waals surface area contributed by atoms with E-state index < -0.39 is 10.8 Å². The monoisotopic (exact) mass is 971 g/mol. The number of hydrogen-bond donors (Lipinski definition) is 0. The molecule has 2 heterocycles. The number of furan rings is 1. The van der Waals surface area contributed by atoms with E-state index in [0.29, 0.717) is 0 Å². The highest BCUT2D eigenvalue weighted by atomic mass is 32.2. The van der Waals surface area contributed by atoms with Crippen LogP contribution in [-0.4, -0.2) is 0 Å². The fourth-order valence-corrected chi connectivity index (χ4v) is 14.8. The van der Waals surface area contributed by atoms with Gasteiger partial charge in [-0.1, -0.05) is 236 Å². The average Bonchev–Trinajstić information content (AvgIpc) is 4.29. The Hall–Kier alpha value is -9.15. The molecule has 1 aliphatic heterocycles. The van der Waals surface area contributed by atoms with E-state index in [4.69, 9.17) is 4.42 Å². The van der Waals surface area contributed by atoms with Crippen LogP contribution in [0.2, 0.25) is 0 Å². The molecule has 0 N–H and O–H groups in total. The molecule has 75 heavy (non-hydrogen) atoms.